The van der Waals surface area contributed by atoms with E-state index in [1.807, 2.05) is 0 Å². The Hall–Kier alpha value is -2.68. The van der Waals surface area contributed by atoms with Crippen LogP contribution in [0.25, 0.3) is 0 Å². The van der Waals surface area contributed by atoms with Gasteiger partial charge in [0, 0.05) is 32.3 Å². The highest BCUT2D eigenvalue weighted by Gasteiger charge is 2.27. The van der Waals surface area contributed by atoms with Gasteiger partial charge in [0.2, 0.25) is 5.91 Å². The third kappa shape index (κ3) is 5.41. The third-order valence-electron chi connectivity index (χ3n) is 4.98. The van der Waals surface area contributed by atoms with Gasteiger partial charge in [-0.1, -0.05) is 6.07 Å². The monoisotopic (exact) mass is 391 g/mol. The lowest BCUT2D eigenvalue weighted by molar-refractivity contribution is -0.384. The van der Waals surface area contributed by atoms with Crippen LogP contribution in [0.4, 0.5) is 5.69 Å². The summed E-state index contributed by atoms with van der Waals surface area (Å²) >= 11 is 0. The van der Waals surface area contributed by atoms with E-state index in [2.05, 4.69) is 0 Å². The molecule has 0 N–H and O–H groups in total. The molecule has 0 saturated carbocycles. The minimum absolute atomic E-state index is 0.00299. The molecule has 2 aliphatic rings. The Labute approximate surface area is 163 Å². The minimum Gasteiger partial charge on any atom is -0.484 e. The SMILES string of the molecule is O=C(CN(C[C@H]1CCCO1)C(=O)COc1cccc([N+](=O)[O-])c1)N1CCCC1. The molecule has 0 aromatic heterocycles. The number of amides is 2. The van der Waals surface area contributed by atoms with Crippen molar-refractivity contribution in [3.63, 3.8) is 0 Å². The van der Waals surface area contributed by atoms with Gasteiger partial charge in [0.25, 0.3) is 11.6 Å². The van der Waals surface area contributed by atoms with Gasteiger partial charge < -0.3 is 19.3 Å². The zero-order chi connectivity index (χ0) is 19.9. The molecule has 3 rings (SSSR count). The highest BCUT2D eigenvalue weighted by Crippen LogP contribution is 2.19. The zero-order valence-electron chi connectivity index (χ0n) is 15.7. The number of carbonyl (C=O) groups is 2. The summed E-state index contributed by atoms with van der Waals surface area (Å²) in [5.74, 6) is -0.167. The fraction of sp³-hybridized carbons (Fsp3) is 0.579. The van der Waals surface area contributed by atoms with E-state index in [0.29, 0.717) is 13.2 Å². The average Bonchev–Trinajstić information content (AvgIpc) is 3.39. The molecule has 0 aliphatic carbocycles. The minimum atomic E-state index is -0.521. The standard InChI is InChI=1S/C19H25N3O6/c23-18(20-8-1-2-9-20)13-21(12-17-7-4-10-27-17)19(24)14-28-16-6-3-5-15(11-16)22(25)26/h3,5-6,11,17H,1-2,4,7-10,12-14H2/t17-/m1/s1. The first-order valence-electron chi connectivity index (χ1n) is 9.57. The Morgan fingerprint density at radius 1 is 1.29 bits per heavy atom. The van der Waals surface area contributed by atoms with Crippen LogP contribution in [-0.4, -0.2) is 72.0 Å². The third-order valence-corrected chi connectivity index (χ3v) is 4.98. The number of benzene rings is 1. The van der Waals surface area contributed by atoms with Crippen molar-refractivity contribution in [2.75, 3.05) is 39.4 Å². The second-order valence-electron chi connectivity index (χ2n) is 7.04. The smallest absolute Gasteiger partial charge is 0.273 e. The number of ether oxygens (including phenoxy) is 2. The fourth-order valence-electron chi connectivity index (χ4n) is 3.44. The molecule has 0 spiro atoms. The summed E-state index contributed by atoms with van der Waals surface area (Å²) in [4.78, 5) is 38.8. The van der Waals surface area contributed by atoms with Crippen molar-refractivity contribution < 1.29 is 24.0 Å². The van der Waals surface area contributed by atoms with Gasteiger partial charge >= 0.3 is 0 Å². The fourth-order valence-corrected chi connectivity index (χ4v) is 3.44. The molecule has 152 valence electrons. The molecular weight excluding hydrogens is 366 g/mol. The van der Waals surface area contributed by atoms with Crippen molar-refractivity contribution in [1.29, 1.82) is 0 Å². The lowest BCUT2D eigenvalue weighted by atomic mass is 10.2. The molecule has 1 aromatic carbocycles. The molecule has 2 saturated heterocycles. The summed E-state index contributed by atoms with van der Waals surface area (Å²) < 4.78 is 11.1. The number of hydrogen-bond acceptors (Lipinski definition) is 6. The van der Waals surface area contributed by atoms with Crippen LogP contribution in [0.2, 0.25) is 0 Å². The number of nitrogens with zero attached hydrogens (tertiary/aromatic N) is 3. The highest BCUT2D eigenvalue weighted by molar-refractivity contribution is 5.85. The Morgan fingerprint density at radius 2 is 2.07 bits per heavy atom. The Bertz CT molecular complexity index is 713. The van der Waals surface area contributed by atoms with Crippen LogP contribution in [0.5, 0.6) is 5.75 Å². The van der Waals surface area contributed by atoms with Crippen LogP contribution in [0.1, 0.15) is 25.7 Å². The molecular formula is C19H25N3O6. The Kier molecular flexibility index (Phi) is 6.80. The lowest BCUT2D eigenvalue weighted by Crippen LogP contribution is -2.46. The van der Waals surface area contributed by atoms with E-state index in [1.165, 1.54) is 23.1 Å². The van der Waals surface area contributed by atoms with Crippen molar-refractivity contribution in [2.45, 2.75) is 31.8 Å². The van der Waals surface area contributed by atoms with Crippen molar-refractivity contribution in [3.8, 4) is 5.75 Å². The number of nitro groups is 1. The van der Waals surface area contributed by atoms with E-state index < -0.39 is 4.92 Å². The Balaban J connectivity index is 1.60. The summed E-state index contributed by atoms with van der Waals surface area (Å²) in [5.41, 5.74) is -0.106. The van der Waals surface area contributed by atoms with E-state index in [4.69, 9.17) is 9.47 Å². The number of likely N-dealkylation sites (tertiary alicyclic amines) is 1. The first-order chi connectivity index (χ1) is 13.5. The van der Waals surface area contributed by atoms with E-state index in [9.17, 15) is 19.7 Å². The second kappa shape index (κ2) is 9.50. The number of carbonyl (C=O) groups excluding carboxylic acids is 2. The molecule has 9 heteroatoms. The number of hydrogen-bond donors (Lipinski definition) is 0. The number of non-ortho nitro benzene ring substituents is 1. The van der Waals surface area contributed by atoms with Crippen molar-refractivity contribution >= 4 is 17.5 Å². The van der Waals surface area contributed by atoms with Gasteiger partial charge in [0.15, 0.2) is 6.61 Å². The van der Waals surface area contributed by atoms with Crippen molar-refractivity contribution in [3.05, 3.63) is 34.4 Å². The quantitative estimate of drug-likeness (QED) is 0.493. The van der Waals surface area contributed by atoms with Gasteiger partial charge in [-0.25, -0.2) is 0 Å². The summed E-state index contributed by atoms with van der Waals surface area (Å²) in [6.07, 6.45) is 3.70. The predicted octanol–water partition coefficient (Wildman–Crippen LogP) is 1.60. The molecule has 9 nitrogen and oxygen atoms in total. The molecule has 1 aromatic rings. The van der Waals surface area contributed by atoms with Crippen LogP contribution in [0, 0.1) is 10.1 Å². The van der Waals surface area contributed by atoms with Crippen LogP contribution >= 0.6 is 0 Å². The van der Waals surface area contributed by atoms with Gasteiger partial charge in [0.05, 0.1) is 23.6 Å². The van der Waals surface area contributed by atoms with E-state index in [1.54, 1.807) is 11.0 Å². The molecule has 0 bridgehead atoms. The van der Waals surface area contributed by atoms with Crippen LogP contribution in [0.3, 0.4) is 0 Å². The number of rotatable bonds is 8. The van der Waals surface area contributed by atoms with Gasteiger partial charge in [-0.15, -0.1) is 0 Å². The molecule has 0 radical (unpaired) electrons. The molecule has 2 heterocycles. The topological polar surface area (TPSA) is 102 Å². The van der Waals surface area contributed by atoms with Gasteiger partial charge in [0.1, 0.15) is 5.75 Å². The lowest BCUT2D eigenvalue weighted by Gasteiger charge is -2.27. The van der Waals surface area contributed by atoms with E-state index in [0.717, 1.165) is 38.8 Å². The molecule has 2 aliphatic heterocycles. The predicted molar refractivity (Wildman–Crippen MR) is 100.0 cm³/mol. The maximum atomic E-state index is 12.7. The van der Waals surface area contributed by atoms with Crippen LogP contribution in [-0.2, 0) is 14.3 Å². The largest absolute Gasteiger partial charge is 0.484 e. The molecule has 0 unspecified atom stereocenters. The maximum Gasteiger partial charge on any atom is 0.273 e. The normalized spacial score (nSPS) is 18.9. The van der Waals surface area contributed by atoms with Crippen LogP contribution < -0.4 is 4.74 Å². The van der Waals surface area contributed by atoms with Crippen molar-refractivity contribution in [2.24, 2.45) is 0 Å². The average molecular weight is 391 g/mol. The summed E-state index contributed by atoms with van der Waals surface area (Å²) in [5, 5.41) is 10.9. The van der Waals surface area contributed by atoms with Gasteiger partial charge in [-0.2, -0.15) is 0 Å². The second-order valence-corrected chi connectivity index (χ2v) is 7.04. The zero-order valence-corrected chi connectivity index (χ0v) is 15.7. The molecule has 1 atom stereocenters. The summed E-state index contributed by atoms with van der Waals surface area (Å²) in [6, 6.07) is 5.68. The summed E-state index contributed by atoms with van der Waals surface area (Å²) in [7, 11) is 0. The molecule has 2 fully saturated rings. The maximum absolute atomic E-state index is 12.7. The first-order valence-corrected chi connectivity index (χ1v) is 9.57. The molecule has 2 amide bonds. The summed E-state index contributed by atoms with van der Waals surface area (Å²) in [6.45, 7) is 2.17. The first kappa shape index (κ1) is 20.1. The van der Waals surface area contributed by atoms with E-state index in [-0.39, 0.29) is 42.5 Å². The number of nitro benzene ring substituents is 1. The molecule has 28 heavy (non-hydrogen) atoms. The Morgan fingerprint density at radius 3 is 2.75 bits per heavy atom. The van der Waals surface area contributed by atoms with Crippen molar-refractivity contribution in [1.82, 2.24) is 9.80 Å². The highest BCUT2D eigenvalue weighted by atomic mass is 16.6. The van der Waals surface area contributed by atoms with E-state index >= 15 is 0 Å². The van der Waals surface area contributed by atoms with Crippen LogP contribution in [0.15, 0.2) is 24.3 Å². The van der Waals surface area contributed by atoms with Gasteiger partial charge in [-0.3, -0.25) is 19.7 Å². The van der Waals surface area contributed by atoms with Gasteiger partial charge in [-0.05, 0) is 31.7 Å².